The maximum absolute atomic E-state index is 12.5. The van der Waals surface area contributed by atoms with Gasteiger partial charge in [-0.2, -0.15) is 0 Å². The van der Waals surface area contributed by atoms with Crippen LogP contribution in [0.5, 0.6) is 5.75 Å². The van der Waals surface area contributed by atoms with Gasteiger partial charge in [0.2, 0.25) is 0 Å². The van der Waals surface area contributed by atoms with E-state index < -0.39 is 21.4 Å². The molecule has 3 aromatic carbocycles. The minimum atomic E-state index is -3.58. The van der Waals surface area contributed by atoms with Crippen molar-refractivity contribution in [1.82, 2.24) is 0 Å². The average molecular weight is 531 g/mol. The van der Waals surface area contributed by atoms with Crippen LogP contribution in [0.15, 0.2) is 65.6 Å². The normalized spacial score (nSPS) is 11.4. The molecule has 5 nitrogen and oxygen atoms in total. The van der Waals surface area contributed by atoms with Crippen molar-refractivity contribution in [2.45, 2.75) is 31.3 Å². The Balaban J connectivity index is 1.95. The molecule has 182 valence electrons. The minimum Gasteiger partial charge on any atom is -0.481 e. The summed E-state index contributed by atoms with van der Waals surface area (Å²) in [5.41, 5.74) is 1.39. The Morgan fingerprint density at radius 1 is 0.943 bits per heavy atom. The summed E-state index contributed by atoms with van der Waals surface area (Å²) in [6.45, 7) is 5.02. The van der Waals surface area contributed by atoms with Gasteiger partial charge in [0.1, 0.15) is 11.4 Å². The summed E-state index contributed by atoms with van der Waals surface area (Å²) in [5.74, 6) is 5.75. The van der Waals surface area contributed by atoms with Gasteiger partial charge in [0.05, 0.1) is 10.5 Å². The monoisotopic (exact) mass is 530 g/mol. The van der Waals surface area contributed by atoms with Crippen LogP contribution < -0.4 is 4.74 Å². The largest absolute Gasteiger partial charge is 0.481 e. The Labute approximate surface area is 215 Å². The van der Waals surface area contributed by atoms with E-state index in [4.69, 9.17) is 32.7 Å². The number of sulfone groups is 1. The van der Waals surface area contributed by atoms with Gasteiger partial charge in [0.25, 0.3) is 0 Å². The molecule has 0 aliphatic heterocycles. The summed E-state index contributed by atoms with van der Waals surface area (Å²) in [6.07, 6.45) is 1.14. The fourth-order valence-electron chi connectivity index (χ4n) is 3.18. The van der Waals surface area contributed by atoms with Gasteiger partial charge in [0, 0.05) is 33.0 Å². The second-order valence-corrected chi connectivity index (χ2v) is 11.6. The highest BCUT2D eigenvalue weighted by Crippen LogP contribution is 2.33. The van der Waals surface area contributed by atoms with Crippen LogP contribution in [-0.2, 0) is 19.4 Å². The van der Waals surface area contributed by atoms with Gasteiger partial charge in [-0.15, -0.1) is 0 Å². The van der Waals surface area contributed by atoms with Crippen LogP contribution in [0.3, 0.4) is 0 Å². The molecule has 35 heavy (non-hydrogen) atoms. The van der Waals surface area contributed by atoms with Crippen LogP contribution in [0.4, 0.5) is 0 Å². The molecule has 0 aliphatic carbocycles. The fraction of sp³-hybridized carbons (Fsp3) is 0.222. The molecule has 0 bridgehead atoms. The van der Waals surface area contributed by atoms with Crippen molar-refractivity contribution >= 4 is 39.0 Å². The third kappa shape index (κ3) is 7.50. The summed E-state index contributed by atoms with van der Waals surface area (Å²) in [5, 5.41) is 0.881. The third-order valence-electron chi connectivity index (χ3n) is 4.59. The molecule has 0 radical (unpaired) electrons. The standard InChI is InChI=1S/C27H24Cl2O5S/c1-27(2,3)34-26(30)17-33-24-14-12-20(28)16-19(24)11-9-18-10-13-22(25(15-18)35(4,31)32)21-7-5-6-8-23(21)29/h5-8,10,12-16H,17H2,1-4H3. The summed E-state index contributed by atoms with van der Waals surface area (Å²) in [6, 6.07) is 16.8. The van der Waals surface area contributed by atoms with E-state index in [1.165, 1.54) is 6.07 Å². The zero-order chi connectivity index (χ0) is 25.8. The maximum Gasteiger partial charge on any atom is 0.344 e. The molecular formula is C27H24Cl2O5S. The van der Waals surface area contributed by atoms with E-state index >= 15 is 0 Å². The van der Waals surface area contributed by atoms with Crippen LogP contribution in [-0.4, -0.2) is 32.9 Å². The Hall–Kier alpha value is -2.98. The lowest BCUT2D eigenvalue weighted by Gasteiger charge is -2.19. The van der Waals surface area contributed by atoms with Crippen molar-refractivity contribution in [2.75, 3.05) is 12.9 Å². The molecule has 0 fully saturated rings. The Morgan fingerprint density at radius 3 is 2.31 bits per heavy atom. The lowest BCUT2D eigenvalue weighted by Crippen LogP contribution is -2.27. The van der Waals surface area contributed by atoms with Gasteiger partial charge >= 0.3 is 5.97 Å². The number of hydrogen-bond acceptors (Lipinski definition) is 5. The lowest BCUT2D eigenvalue weighted by atomic mass is 10.0. The molecule has 0 N–H and O–H groups in total. The zero-order valence-electron chi connectivity index (χ0n) is 19.7. The van der Waals surface area contributed by atoms with Gasteiger partial charge in [-0.25, -0.2) is 13.2 Å². The van der Waals surface area contributed by atoms with E-state index in [2.05, 4.69) is 11.8 Å². The van der Waals surface area contributed by atoms with Crippen LogP contribution in [0.1, 0.15) is 31.9 Å². The molecule has 0 saturated heterocycles. The number of carbonyl (C=O) groups excluding carboxylic acids is 1. The molecule has 0 aliphatic rings. The number of esters is 1. The predicted molar refractivity (Wildman–Crippen MR) is 139 cm³/mol. The summed E-state index contributed by atoms with van der Waals surface area (Å²) < 4.78 is 35.9. The molecule has 0 aromatic heterocycles. The third-order valence-corrected chi connectivity index (χ3v) is 6.30. The van der Waals surface area contributed by atoms with Crippen LogP contribution in [0.25, 0.3) is 11.1 Å². The van der Waals surface area contributed by atoms with Crippen molar-refractivity contribution in [3.05, 3.63) is 81.8 Å². The summed E-state index contributed by atoms with van der Waals surface area (Å²) in [7, 11) is -3.58. The first-order chi connectivity index (χ1) is 16.3. The van der Waals surface area contributed by atoms with Gasteiger partial charge < -0.3 is 9.47 Å². The number of rotatable bonds is 5. The van der Waals surface area contributed by atoms with Gasteiger partial charge in [-0.05, 0) is 57.2 Å². The quantitative estimate of drug-likeness (QED) is 0.290. The van der Waals surface area contributed by atoms with Crippen molar-refractivity contribution in [1.29, 1.82) is 0 Å². The van der Waals surface area contributed by atoms with Gasteiger partial charge in [-0.1, -0.05) is 59.3 Å². The maximum atomic E-state index is 12.5. The first-order valence-corrected chi connectivity index (χ1v) is 13.2. The minimum absolute atomic E-state index is 0.116. The predicted octanol–water partition coefficient (Wildman–Crippen LogP) is 6.18. The fourth-order valence-corrected chi connectivity index (χ4v) is 4.51. The Kier molecular flexibility index (Phi) is 8.17. The smallest absolute Gasteiger partial charge is 0.344 e. The highest BCUT2D eigenvalue weighted by atomic mass is 35.5. The highest BCUT2D eigenvalue weighted by Gasteiger charge is 2.18. The molecular weight excluding hydrogens is 507 g/mol. The first-order valence-electron chi connectivity index (χ1n) is 10.6. The highest BCUT2D eigenvalue weighted by molar-refractivity contribution is 7.90. The molecule has 0 saturated carbocycles. The lowest BCUT2D eigenvalue weighted by molar-refractivity contribution is -0.157. The zero-order valence-corrected chi connectivity index (χ0v) is 22.0. The van der Waals surface area contributed by atoms with Crippen molar-refractivity contribution in [3.8, 4) is 28.7 Å². The molecule has 3 aromatic rings. The first kappa shape index (κ1) is 26.6. The van der Waals surface area contributed by atoms with Crippen molar-refractivity contribution < 1.29 is 22.7 Å². The van der Waals surface area contributed by atoms with Crippen LogP contribution in [0.2, 0.25) is 10.0 Å². The number of carbonyl (C=O) groups is 1. The molecule has 3 rings (SSSR count). The van der Waals surface area contributed by atoms with E-state index in [-0.39, 0.29) is 11.5 Å². The molecule has 0 unspecified atom stereocenters. The second-order valence-electron chi connectivity index (χ2n) is 8.73. The molecule has 0 heterocycles. The van der Waals surface area contributed by atoms with Crippen molar-refractivity contribution in [2.24, 2.45) is 0 Å². The number of halogens is 2. The molecule has 8 heteroatoms. The summed E-state index contributed by atoms with van der Waals surface area (Å²) >= 11 is 12.4. The van der Waals surface area contributed by atoms with Crippen molar-refractivity contribution in [3.63, 3.8) is 0 Å². The van der Waals surface area contributed by atoms with Gasteiger partial charge in [0.15, 0.2) is 16.4 Å². The van der Waals surface area contributed by atoms with E-state index in [1.54, 1.807) is 75.4 Å². The van der Waals surface area contributed by atoms with Crippen LogP contribution in [0, 0.1) is 11.8 Å². The Morgan fingerprint density at radius 2 is 1.66 bits per heavy atom. The SMILES string of the molecule is CC(C)(C)OC(=O)COc1ccc(Cl)cc1C#Cc1ccc(-c2ccccc2Cl)c(S(C)(=O)=O)c1. The van der Waals surface area contributed by atoms with E-state index in [1.807, 2.05) is 0 Å². The van der Waals surface area contributed by atoms with E-state index in [9.17, 15) is 13.2 Å². The number of hydrogen-bond donors (Lipinski definition) is 0. The molecule has 0 amide bonds. The number of benzene rings is 3. The Bertz CT molecular complexity index is 1430. The number of ether oxygens (including phenoxy) is 2. The van der Waals surface area contributed by atoms with E-state index in [0.29, 0.717) is 38.0 Å². The average Bonchev–Trinajstić information content (AvgIpc) is 2.75. The van der Waals surface area contributed by atoms with Gasteiger partial charge in [-0.3, -0.25) is 0 Å². The second kappa shape index (κ2) is 10.7. The molecule has 0 atom stereocenters. The van der Waals surface area contributed by atoms with Crippen LogP contribution >= 0.6 is 23.2 Å². The summed E-state index contributed by atoms with van der Waals surface area (Å²) in [4.78, 5) is 12.1. The van der Waals surface area contributed by atoms with E-state index in [0.717, 1.165) is 6.26 Å². The molecule has 0 spiro atoms. The topological polar surface area (TPSA) is 69.7 Å².